The molecule has 3 aromatic rings. The highest BCUT2D eigenvalue weighted by molar-refractivity contribution is 5.55. The van der Waals surface area contributed by atoms with Crippen LogP contribution >= 0.6 is 0 Å². The monoisotopic (exact) mass is 319 g/mol. The topological polar surface area (TPSA) is 68.1 Å². The quantitative estimate of drug-likeness (QED) is 0.545. The van der Waals surface area contributed by atoms with Crippen molar-refractivity contribution in [2.45, 2.75) is 5.92 Å². The molecular formula is C19H17N3O2. The van der Waals surface area contributed by atoms with Gasteiger partial charge in [-0.2, -0.15) is 0 Å². The molecule has 2 aromatic carbocycles. The second kappa shape index (κ2) is 7.37. The Morgan fingerprint density at radius 2 is 1.50 bits per heavy atom. The van der Waals surface area contributed by atoms with Gasteiger partial charge in [0.1, 0.15) is 0 Å². The summed E-state index contributed by atoms with van der Waals surface area (Å²) in [6.45, 7) is 0.520. The Labute approximate surface area is 140 Å². The summed E-state index contributed by atoms with van der Waals surface area (Å²) < 4.78 is 0. The Hall–Kier alpha value is -3.21. The summed E-state index contributed by atoms with van der Waals surface area (Å²) in [6, 6.07) is 23.2. The van der Waals surface area contributed by atoms with E-state index < -0.39 is 4.92 Å². The van der Waals surface area contributed by atoms with Crippen LogP contribution in [-0.2, 0) is 0 Å². The molecule has 1 N–H and O–H groups in total. The third-order valence-electron chi connectivity index (χ3n) is 3.86. The Kier molecular flexibility index (Phi) is 4.81. The standard InChI is InChI=1S/C19H17N3O2/c23-22(24)18-12-7-13-20-19(18)21-14-17(15-8-3-1-4-9-15)16-10-5-2-6-11-16/h1-13,17H,14H2,(H,20,21). The van der Waals surface area contributed by atoms with Gasteiger partial charge in [-0.15, -0.1) is 0 Å². The lowest BCUT2D eigenvalue weighted by atomic mass is 9.91. The zero-order valence-electron chi connectivity index (χ0n) is 13.0. The zero-order valence-corrected chi connectivity index (χ0v) is 13.0. The Bertz CT molecular complexity index is 768. The summed E-state index contributed by atoms with van der Waals surface area (Å²) in [5.74, 6) is 0.369. The molecule has 0 radical (unpaired) electrons. The minimum absolute atomic E-state index is 0.0163. The molecule has 5 nitrogen and oxygen atoms in total. The second-order valence-electron chi connectivity index (χ2n) is 5.38. The van der Waals surface area contributed by atoms with E-state index in [-0.39, 0.29) is 11.6 Å². The molecule has 24 heavy (non-hydrogen) atoms. The smallest absolute Gasteiger partial charge is 0.311 e. The van der Waals surface area contributed by atoms with Crippen molar-refractivity contribution < 1.29 is 4.92 Å². The maximum Gasteiger partial charge on any atom is 0.311 e. The molecule has 5 heteroatoms. The average Bonchev–Trinajstić information content (AvgIpc) is 2.64. The number of nitrogens with zero attached hydrogens (tertiary/aromatic N) is 2. The number of aromatic nitrogens is 1. The normalized spacial score (nSPS) is 10.5. The molecule has 1 aromatic heterocycles. The van der Waals surface area contributed by atoms with E-state index in [1.54, 1.807) is 12.3 Å². The van der Waals surface area contributed by atoms with E-state index in [0.29, 0.717) is 12.4 Å². The maximum absolute atomic E-state index is 11.1. The molecule has 0 spiro atoms. The molecule has 3 rings (SSSR count). The molecular weight excluding hydrogens is 302 g/mol. The number of nitro groups is 1. The Morgan fingerprint density at radius 1 is 0.917 bits per heavy atom. The van der Waals surface area contributed by atoms with Crippen LogP contribution in [0.5, 0.6) is 0 Å². The van der Waals surface area contributed by atoms with E-state index in [0.717, 1.165) is 11.1 Å². The molecule has 120 valence electrons. The van der Waals surface area contributed by atoms with Crippen LogP contribution in [-0.4, -0.2) is 16.5 Å². The third kappa shape index (κ3) is 3.57. The number of hydrogen-bond acceptors (Lipinski definition) is 4. The Balaban J connectivity index is 1.87. The highest BCUT2D eigenvalue weighted by Crippen LogP contribution is 2.27. The predicted molar refractivity (Wildman–Crippen MR) is 94.1 cm³/mol. The van der Waals surface area contributed by atoms with Crippen LogP contribution in [0.4, 0.5) is 11.5 Å². The van der Waals surface area contributed by atoms with Gasteiger partial charge in [0.15, 0.2) is 0 Å². The van der Waals surface area contributed by atoms with Crippen molar-refractivity contribution in [1.29, 1.82) is 0 Å². The lowest BCUT2D eigenvalue weighted by Crippen LogP contribution is -2.15. The van der Waals surface area contributed by atoms with Gasteiger partial charge in [-0.1, -0.05) is 60.7 Å². The summed E-state index contributed by atoms with van der Waals surface area (Å²) >= 11 is 0. The van der Waals surface area contributed by atoms with E-state index in [1.807, 2.05) is 36.4 Å². The molecule has 1 heterocycles. The van der Waals surface area contributed by atoms with Gasteiger partial charge in [0.05, 0.1) is 4.92 Å². The van der Waals surface area contributed by atoms with Crippen LogP contribution in [0.1, 0.15) is 17.0 Å². The number of hydrogen-bond donors (Lipinski definition) is 1. The molecule has 0 amide bonds. The highest BCUT2D eigenvalue weighted by Gasteiger charge is 2.18. The van der Waals surface area contributed by atoms with Crippen molar-refractivity contribution >= 4 is 11.5 Å². The summed E-state index contributed by atoms with van der Waals surface area (Å²) in [5, 5.41) is 14.3. The molecule has 0 fully saturated rings. The fraction of sp³-hybridized carbons (Fsp3) is 0.105. The van der Waals surface area contributed by atoms with Gasteiger partial charge in [0.25, 0.3) is 0 Å². The predicted octanol–water partition coefficient (Wildman–Crippen LogP) is 4.23. The van der Waals surface area contributed by atoms with Gasteiger partial charge in [-0.25, -0.2) is 4.98 Å². The maximum atomic E-state index is 11.1. The van der Waals surface area contributed by atoms with Gasteiger partial charge in [-0.3, -0.25) is 10.1 Å². The van der Waals surface area contributed by atoms with E-state index in [2.05, 4.69) is 34.6 Å². The third-order valence-corrected chi connectivity index (χ3v) is 3.86. The van der Waals surface area contributed by atoms with Gasteiger partial charge in [0.2, 0.25) is 5.82 Å². The van der Waals surface area contributed by atoms with Crippen molar-refractivity contribution in [2.75, 3.05) is 11.9 Å². The van der Waals surface area contributed by atoms with Crippen LogP contribution in [0.2, 0.25) is 0 Å². The minimum Gasteiger partial charge on any atom is -0.363 e. The fourth-order valence-corrected chi connectivity index (χ4v) is 2.68. The van der Waals surface area contributed by atoms with E-state index in [1.165, 1.54) is 6.07 Å². The highest BCUT2D eigenvalue weighted by atomic mass is 16.6. The molecule has 0 aliphatic heterocycles. The first-order chi connectivity index (χ1) is 11.8. The summed E-state index contributed by atoms with van der Waals surface area (Å²) in [6.07, 6.45) is 1.55. The summed E-state index contributed by atoms with van der Waals surface area (Å²) in [4.78, 5) is 14.8. The van der Waals surface area contributed by atoms with Gasteiger partial charge < -0.3 is 5.32 Å². The lowest BCUT2D eigenvalue weighted by Gasteiger charge is -2.19. The van der Waals surface area contributed by atoms with Gasteiger partial charge >= 0.3 is 5.69 Å². The Morgan fingerprint density at radius 3 is 2.04 bits per heavy atom. The van der Waals surface area contributed by atoms with E-state index in [4.69, 9.17) is 0 Å². The minimum atomic E-state index is -0.421. The molecule has 0 saturated heterocycles. The van der Waals surface area contributed by atoms with Crippen LogP contribution in [0.25, 0.3) is 0 Å². The van der Waals surface area contributed by atoms with Crippen molar-refractivity contribution in [2.24, 2.45) is 0 Å². The van der Waals surface area contributed by atoms with Crippen LogP contribution in [0.3, 0.4) is 0 Å². The van der Waals surface area contributed by atoms with Crippen molar-refractivity contribution in [1.82, 2.24) is 4.98 Å². The van der Waals surface area contributed by atoms with E-state index >= 15 is 0 Å². The first-order valence-corrected chi connectivity index (χ1v) is 7.69. The number of rotatable bonds is 6. The largest absolute Gasteiger partial charge is 0.363 e. The molecule has 0 aliphatic carbocycles. The van der Waals surface area contributed by atoms with E-state index in [9.17, 15) is 10.1 Å². The van der Waals surface area contributed by atoms with Crippen LogP contribution in [0.15, 0.2) is 79.0 Å². The van der Waals surface area contributed by atoms with Crippen LogP contribution < -0.4 is 5.32 Å². The molecule has 0 unspecified atom stereocenters. The van der Waals surface area contributed by atoms with Crippen LogP contribution in [0, 0.1) is 10.1 Å². The molecule has 0 bridgehead atoms. The summed E-state index contributed by atoms with van der Waals surface area (Å²) in [7, 11) is 0. The fourth-order valence-electron chi connectivity index (χ4n) is 2.68. The average molecular weight is 319 g/mol. The number of pyridine rings is 1. The van der Waals surface area contributed by atoms with Crippen molar-refractivity contribution in [3.05, 3.63) is 100 Å². The van der Waals surface area contributed by atoms with Gasteiger partial charge in [0, 0.05) is 24.7 Å². The van der Waals surface area contributed by atoms with Crippen molar-refractivity contribution in [3.8, 4) is 0 Å². The molecule has 0 aliphatic rings. The number of anilines is 1. The first-order valence-electron chi connectivity index (χ1n) is 7.69. The SMILES string of the molecule is O=[N+]([O-])c1cccnc1NCC(c1ccccc1)c1ccccc1. The lowest BCUT2D eigenvalue weighted by molar-refractivity contribution is -0.384. The first kappa shape index (κ1) is 15.7. The number of benzene rings is 2. The van der Waals surface area contributed by atoms with Crippen molar-refractivity contribution in [3.63, 3.8) is 0 Å². The van der Waals surface area contributed by atoms with Gasteiger partial charge in [-0.05, 0) is 17.2 Å². The summed E-state index contributed by atoms with van der Waals surface area (Å²) in [5.41, 5.74) is 2.28. The molecule has 0 saturated carbocycles. The zero-order chi connectivity index (χ0) is 16.8. The molecule has 0 atom stereocenters. The number of nitrogens with one attached hydrogen (secondary N) is 1. The second-order valence-corrected chi connectivity index (χ2v) is 5.38.